The third-order valence-corrected chi connectivity index (χ3v) is 2.49. The van der Waals surface area contributed by atoms with Crippen LogP contribution in [-0.2, 0) is 0 Å². The minimum atomic E-state index is -0.228. The molecule has 1 rings (SSSR count). The molecule has 0 fully saturated rings. The van der Waals surface area contributed by atoms with Crippen molar-refractivity contribution in [2.24, 2.45) is 11.7 Å². The third-order valence-electron chi connectivity index (χ3n) is 2.08. The normalized spacial score (nSPS) is 36.1. The standard InChI is InChI=1S/C9H14ClN/c1-9(10)6-3-2-4-8(9)5-7-11/h2-4,6,8H,5,7,11H2,1H3. The second kappa shape index (κ2) is 3.42. The molecule has 0 aromatic carbocycles. The Kier molecular flexibility index (Phi) is 2.74. The van der Waals surface area contributed by atoms with Crippen molar-refractivity contribution < 1.29 is 0 Å². The molecule has 2 unspecified atom stereocenters. The first-order chi connectivity index (χ1) is 5.17. The van der Waals surface area contributed by atoms with Gasteiger partial charge in [0, 0.05) is 5.92 Å². The van der Waals surface area contributed by atoms with E-state index in [0.29, 0.717) is 12.5 Å². The molecule has 1 nitrogen and oxygen atoms in total. The second-order valence-electron chi connectivity index (χ2n) is 3.08. The molecular formula is C9H14ClN. The SMILES string of the molecule is CC1(Cl)C=CC=CC1CCN. The number of alkyl halides is 1. The molecule has 0 amide bonds. The van der Waals surface area contributed by atoms with Crippen molar-refractivity contribution in [1.82, 2.24) is 0 Å². The zero-order chi connectivity index (χ0) is 8.32. The van der Waals surface area contributed by atoms with Gasteiger partial charge in [-0.3, -0.25) is 0 Å². The van der Waals surface area contributed by atoms with Gasteiger partial charge < -0.3 is 5.73 Å². The van der Waals surface area contributed by atoms with Crippen molar-refractivity contribution in [3.8, 4) is 0 Å². The molecule has 11 heavy (non-hydrogen) atoms. The van der Waals surface area contributed by atoms with Gasteiger partial charge in [-0.25, -0.2) is 0 Å². The number of nitrogens with two attached hydrogens (primary N) is 1. The molecule has 1 aliphatic rings. The quantitative estimate of drug-likeness (QED) is 0.633. The molecule has 0 aromatic heterocycles. The van der Waals surface area contributed by atoms with Crippen LogP contribution in [0.5, 0.6) is 0 Å². The molecule has 0 heterocycles. The summed E-state index contributed by atoms with van der Waals surface area (Å²) in [5.74, 6) is 0.388. The summed E-state index contributed by atoms with van der Waals surface area (Å²) < 4.78 is 0. The molecule has 1 aliphatic carbocycles. The lowest BCUT2D eigenvalue weighted by molar-refractivity contribution is 0.507. The lowest BCUT2D eigenvalue weighted by Gasteiger charge is -2.28. The van der Waals surface area contributed by atoms with Gasteiger partial charge in [-0.05, 0) is 19.9 Å². The fourth-order valence-electron chi connectivity index (χ4n) is 1.31. The van der Waals surface area contributed by atoms with Crippen molar-refractivity contribution in [2.75, 3.05) is 6.54 Å². The maximum atomic E-state index is 6.22. The van der Waals surface area contributed by atoms with Crippen LogP contribution in [0.3, 0.4) is 0 Å². The van der Waals surface area contributed by atoms with E-state index in [4.69, 9.17) is 17.3 Å². The van der Waals surface area contributed by atoms with E-state index < -0.39 is 0 Å². The highest BCUT2D eigenvalue weighted by atomic mass is 35.5. The zero-order valence-corrected chi connectivity index (χ0v) is 7.51. The van der Waals surface area contributed by atoms with Gasteiger partial charge in [-0.15, -0.1) is 11.6 Å². The van der Waals surface area contributed by atoms with Gasteiger partial charge in [0.05, 0.1) is 4.87 Å². The lowest BCUT2D eigenvalue weighted by atomic mass is 9.87. The van der Waals surface area contributed by atoms with Gasteiger partial charge in [0.1, 0.15) is 0 Å². The van der Waals surface area contributed by atoms with E-state index in [0.717, 1.165) is 6.42 Å². The van der Waals surface area contributed by atoms with E-state index in [9.17, 15) is 0 Å². The number of halogens is 1. The first-order valence-electron chi connectivity index (χ1n) is 3.92. The first-order valence-corrected chi connectivity index (χ1v) is 4.29. The fourth-order valence-corrected chi connectivity index (χ4v) is 1.57. The van der Waals surface area contributed by atoms with Gasteiger partial charge >= 0.3 is 0 Å². The number of hydrogen-bond acceptors (Lipinski definition) is 1. The van der Waals surface area contributed by atoms with Gasteiger partial charge in [-0.2, -0.15) is 0 Å². The number of rotatable bonds is 2. The van der Waals surface area contributed by atoms with E-state index in [1.165, 1.54) is 0 Å². The summed E-state index contributed by atoms with van der Waals surface area (Å²) in [5.41, 5.74) is 5.46. The Hall–Kier alpha value is -0.270. The Labute approximate surface area is 72.9 Å². The Morgan fingerprint density at radius 3 is 2.82 bits per heavy atom. The zero-order valence-electron chi connectivity index (χ0n) is 6.76. The summed E-state index contributed by atoms with van der Waals surface area (Å²) >= 11 is 6.22. The summed E-state index contributed by atoms with van der Waals surface area (Å²) in [6.45, 7) is 2.72. The summed E-state index contributed by atoms with van der Waals surface area (Å²) in [7, 11) is 0. The summed E-state index contributed by atoms with van der Waals surface area (Å²) in [4.78, 5) is -0.228. The Bertz CT molecular complexity index is 182. The van der Waals surface area contributed by atoms with Crippen LogP contribution in [0.15, 0.2) is 24.3 Å². The van der Waals surface area contributed by atoms with E-state index in [1.807, 2.05) is 25.2 Å². The maximum absolute atomic E-state index is 6.22. The van der Waals surface area contributed by atoms with Gasteiger partial charge in [-0.1, -0.05) is 24.3 Å². The van der Waals surface area contributed by atoms with E-state index >= 15 is 0 Å². The van der Waals surface area contributed by atoms with Gasteiger partial charge in [0.2, 0.25) is 0 Å². The molecule has 0 saturated carbocycles. The van der Waals surface area contributed by atoms with Crippen LogP contribution in [0.1, 0.15) is 13.3 Å². The molecular weight excluding hydrogens is 158 g/mol. The van der Waals surface area contributed by atoms with Gasteiger partial charge in [0.15, 0.2) is 0 Å². The predicted octanol–water partition coefficient (Wildman–Crippen LogP) is 2.07. The van der Waals surface area contributed by atoms with Crippen LogP contribution in [0.25, 0.3) is 0 Å². The molecule has 0 saturated heterocycles. The van der Waals surface area contributed by atoms with Crippen molar-refractivity contribution >= 4 is 11.6 Å². The molecule has 0 aliphatic heterocycles. The molecule has 2 heteroatoms. The number of allylic oxidation sites excluding steroid dienone is 4. The van der Waals surface area contributed by atoms with E-state index in [-0.39, 0.29) is 4.87 Å². The van der Waals surface area contributed by atoms with Crippen LogP contribution in [0.2, 0.25) is 0 Å². The largest absolute Gasteiger partial charge is 0.330 e. The molecule has 62 valence electrons. The highest BCUT2D eigenvalue weighted by Crippen LogP contribution is 2.32. The van der Waals surface area contributed by atoms with Crippen LogP contribution in [0.4, 0.5) is 0 Å². The van der Waals surface area contributed by atoms with Crippen molar-refractivity contribution in [2.45, 2.75) is 18.2 Å². The molecule has 0 bridgehead atoms. The summed E-state index contributed by atoms with van der Waals surface area (Å²) in [6, 6.07) is 0. The second-order valence-corrected chi connectivity index (χ2v) is 3.89. The number of hydrogen-bond donors (Lipinski definition) is 1. The fraction of sp³-hybridized carbons (Fsp3) is 0.556. The third kappa shape index (κ3) is 2.08. The average molecular weight is 172 g/mol. The lowest BCUT2D eigenvalue weighted by Crippen LogP contribution is -2.28. The monoisotopic (exact) mass is 171 g/mol. The highest BCUT2D eigenvalue weighted by Gasteiger charge is 2.27. The predicted molar refractivity (Wildman–Crippen MR) is 49.7 cm³/mol. The minimum absolute atomic E-state index is 0.228. The van der Waals surface area contributed by atoms with Crippen LogP contribution >= 0.6 is 11.6 Å². The smallest absolute Gasteiger partial charge is 0.0663 e. The first kappa shape index (κ1) is 8.82. The highest BCUT2D eigenvalue weighted by molar-refractivity contribution is 6.25. The molecule has 0 spiro atoms. The van der Waals surface area contributed by atoms with E-state index in [1.54, 1.807) is 0 Å². The van der Waals surface area contributed by atoms with Crippen LogP contribution in [0, 0.1) is 5.92 Å². The molecule has 2 atom stereocenters. The maximum Gasteiger partial charge on any atom is 0.0663 e. The van der Waals surface area contributed by atoms with Crippen molar-refractivity contribution in [3.05, 3.63) is 24.3 Å². The van der Waals surface area contributed by atoms with Crippen LogP contribution < -0.4 is 5.73 Å². The Balaban J connectivity index is 2.64. The van der Waals surface area contributed by atoms with Crippen molar-refractivity contribution in [1.29, 1.82) is 0 Å². The Morgan fingerprint density at radius 2 is 2.27 bits per heavy atom. The minimum Gasteiger partial charge on any atom is -0.330 e. The van der Waals surface area contributed by atoms with Crippen molar-refractivity contribution in [3.63, 3.8) is 0 Å². The van der Waals surface area contributed by atoms with Crippen LogP contribution in [-0.4, -0.2) is 11.4 Å². The summed E-state index contributed by atoms with van der Waals surface area (Å²) in [6.07, 6.45) is 9.13. The van der Waals surface area contributed by atoms with E-state index in [2.05, 4.69) is 6.08 Å². The van der Waals surface area contributed by atoms with Gasteiger partial charge in [0.25, 0.3) is 0 Å². The molecule has 0 radical (unpaired) electrons. The molecule has 2 N–H and O–H groups in total. The topological polar surface area (TPSA) is 26.0 Å². The average Bonchev–Trinajstić information content (AvgIpc) is 1.94. The summed E-state index contributed by atoms with van der Waals surface area (Å²) in [5, 5.41) is 0. The Morgan fingerprint density at radius 1 is 1.55 bits per heavy atom. The molecule has 0 aromatic rings.